The molecule has 26 heavy (non-hydrogen) atoms. The third-order valence-corrected chi connectivity index (χ3v) is 4.06. The summed E-state index contributed by atoms with van der Waals surface area (Å²) >= 11 is 0. The van der Waals surface area contributed by atoms with Crippen molar-refractivity contribution in [3.8, 4) is 5.75 Å². The molecule has 1 aliphatic heterocycles. The first-order chi connectivity index (χ1) is 12.7. The Morgan fingerprint density at radius 1 is 1.12 bits per heavy atom. The van der Waals surface area contributed by atoms with Crippen LogP contribution in [0.25, 0.3) is 0 Å². The molecule has 136 valence electrons. The van der Waals surface area contributed by atoms with Gasteiger partial charge in [-0.2, -0.15) is 0 Å². The van der Waals surface area contributed by atoms with Gasteiger partial charge in [0.05, 0.1) is 12.1 Å². The van der Waals surface area contributed by atoms with Crippen molar-refractivity contribution in [3.05, 3.63) is 59.9 Å². The normalized spacial score (nSPS) is 13.8. The summed E-state index contributed by atoms with van der Waals surface area (Å²) in [5.41, 5.74) is 1.59. The second-order valence-corrected chi connectivity index (χ2v) is 6.01. The monoisotopic (exact) mass is 354 g/mol. The van der Waals surface area contributed by atoms with Crippen molar-refractivity contribution < 1.29 is 14.3 Å². The van der Waals surface area contributed by atoms with E-state index < -0.39 is 0 Å². The number of nitrogens with one attached hydrogen (secondary N) is 2. The Kier molecular flexibility index (Phi) is 6.16. The molecule has 0 aliphatic carbocycles. The second kappa shape index (κ2) is 8.96. The summed E-state index contributed by atoms with van der Waals surface area (Å²) in [5, 5.41) is 5.58. The predicted molar refractivity (Wildman–Crippen MR) is 96.8 cm³/mol. The summed E-state index contributed by atoms with van der Waals surface area (Å²) in [7, 11) is 0. The zero-order chi connectivity index (χ0) is 18.2. The van der Waals surface area contributed by atoms with Crippen molar-refractivity contribution in [2.45, 2.75) is 6.54 Å². The van der Waals surface area contributed by atoms with Gasteiger partial charge in [-0.15, -0.1) is 0 Å². The second-order valence-electron chi connectivity index (χ2n) is 6.01. The molecule has 0 atom stereocenters. The summed E-state index contributed by atoms with van der Waals surface area (Å²) in [6.07, 6.45) is 3.12. The Balaban J connectivity index is 1.38. The summed E-state index contributed by atoms with van der Waals surface area (Å²) in [4.78, 5) is 30.0. The van der Waals surface area contributed by atoms with Gasteiger partial charge in [0.1, 0.15) is 12.4 Å². The molecule has 0 radical (unpaired) electrons. The van der Waals surface area contributed by atoms with Crippen LogP contribution < -0.4 is 15.4 Å². The minimum absolute atomic E-state index is 0.0694. The molecule has 0 fully saturated rings. The molecule has 0 unspecified atom stereocenters. The van der Waals surface area contributed by atoms with E-state index in [1.54, 1.807) is 18.3 Å². The first-order valence-electron chi connectivity index (χ1n) is 8.60. The van der Waals surface area contributed by atoms with Gasteiger partial charge in [0.2, 0.25) is 5.91 Å². The number of fused-ring (bicyclic) bond motifs is 1. The van der Waals surface area contributed by atoms with Gasteiger partial charge in [-0.1, -0.05) is 18.2 Å². The molecule has 0 saturated heterocycles. The highest BCUT2D eigenvalue weighted by atomic mass is 16.5. The van der Waals surface area contributed by atoms with E-state index in [1.807, 2.05) is 24.3 Å². The standard InChI is InChI=1S/C19H22N4O3/c24-18(21-8-9-22-19(25)15-5-3-7-20-12-15)14-23-10-11-26-17-6-2-1-4-16(17)13-23/h1-7,12H,8-11,13-14H2,(H,21,24)(H,22,25). The Morgan fingerprint density at radius 2 is 1.96 bits per heavy atom. The summed E-state index contributed by atoms with van der Waals surface area (Å²) in [6.45, 7) is 2.98. The molecule has 2 N–H and O–H groups in total. The van der Waals surface area contributed by atoms with E-state index in [4.69, 9.17) is 4.74 Å². The van der Waals surface area contributed by atoms with Crippen LogP contribution in [-0.4, -0.2) is 54.5 Å². The molecule has 7 heteroatoms. The molecule has 0 bridgehead atoms. The van der Waals surface area contributed by atoms with E-state index in [0.29, 0.717) is 44.9 Å². The van der Waals surface area contributed by atoms with Gasteiger partial charge in [-0.05, 0) is 18.2 Å². The average Bonchev–Trinajstić information content (AvgIpc) is 2.87. The molecule has 0 spiro atoms. The lowest BCUT2D eigenvalue weighted by atomic mass is 10.2. The highest BCUT2D eigenvalue weighted by molar-refractivity contribution is 5.93. The van der Waals surface area contributed by atoms with Crippen LogP contribution >= 0.6 is 0 Å². The number of benzene rings is 1. The molecule has 2 amide bonds. The SMILES string of the molecule is O=C(CN1CCOc2ccccc2C1)NCCNC(=O)c1cccnc1. The summed E-state index contributed by atoms with van der Waals surface area (Å²) in [5.74, 6) is 0.613. The fourth-order valence-corrected chi connectivity index (χ4v) is 2.75. The van der Waals surface area contributed by atoms with Crippen LogP contribution in [-0.2, 0) is 11.3 Å². The van der Waals surface area contributed by atoms with E-state index in [-0.39, 0.29) is 11.8 Å². The molecule has 2 heterocycles. The van der Waals surface area contributed by atoms with Gasteiger partial charge < -0.3 is 15.4 Å². The van der Waals surface area contributed by atoms with Crippen molar-refractivity contribution >= 4 is 11.8 Å². The molecule has 1 aromatic carbocycles. The van der Waals surface area contributed by atoms with Crippen molar-refractivity contribution in [2.24, 2.45) is 0 Å². The zero-order valence-corrected chi connectivity index (χ0v) is 14.5. The maximum atomic E-state index is 12.1. The van der Waals surface area contributed by atoms with Gasteiger partial charge in [0.15, 0.2) is 0 Å². The maximum absolute atomic E-state index is 12.1. The van der Waals surface area contributed by atoms with Crippen LogP contribution in [0.15, 0.2) is 48.8 Å². The lowest BCUT2D eigenvalue weighted by Crippen LogP contribution is -2.41. The van der Waals surface area contributed by atoms with Crippen molar-refractivity contribution in [2.75, 3.05) is 32.8 Å². The van der Waals surface area contributed by atoms with Crippen LogP contribution in [0.4, 0.5) is 0 Å². The van der Waals surface area contributed by atoms with Gasteiger partial charge in [0, 0.05) is 44.1 Å². The average molecular weight is 354 g/mol. The molecular weight excluding hydrogens is 332 g/mol. The fourth-order valence-electron chi connectivity index (χ4n) is 2.75. The van der Waals surface area contributed by atoms with Gasteiger partial charge in [0.25, 0.3) is 5.91 Å². The van der Waals surface area contributed by atoms with E-state index in [0.717, 1.165) is 11.3 Å². The van der Waals surface area contributed by atoms with E-state index in [2.05, 4.69) is 20.5 Å². The zero-order valence-electron chi connectivity index (χ0n) is 14.5. The lowest BCUT2D eigenvalue weighted by molar-refractivity contribution is -0.122. The van der Waals surface area contributed by atoms with E-state index >= 15 is 0 Å². The molecule has 1 aromatic heterocycles. The Bertz CT molecular complexity index is 751. The van der Waals surface area contributed by atoms with Crippen LogP contribution in [0.2, 0.25) is 0 Å². The third kappa shape index (κ3) is 5.03. The number of rotatable bonds is 6. The quantitative estimate of drug-likeness (QED) is 0.751. The van der Waals surface area contributed by atoms with Crippen LogP contribution in [0.3, 0.4) is 0 Å². The number of carbonyl (C=O) groups is 2. The van der Waals surface area contributed by atoms with Gasteiger partial charge in [-0.25, -0.2) is 0 Å². The minimum atomic E-state index is -0.200. The molecule has 0 saturated carbocycles. The molecule has 1 aliphatic rings. The van der Waals surface area contributed by atoms with E-state index in [9.17, 15) is 9.59 Å². The number of ether oxygens (including phenoxy) is 1. The van der Waals surface area contributed by atoms with Crippen LogP contribution in [0.5, 0.6) is 5.75 Å². The molecule has 7 nitrogen and oxygen atoms in total. The Morgan fingerprint density at radius 3 is 2.81 bits per heavy atom. The highest BCUT2D eigenvalue weighted by Gasteiger charge is 2.17. The summed E-state index contributed by atoms with van der Waals surface area (Å²) < 4.78 is 5.70. The smallest absolute Gasteiger partial charge is 0.252 e. The fraction of sp³-hybridized carbons (Fsp3) is 0.316. The first-order valence-corrected chi connectivity index (χ1v) is 8.60. The van der Waals surface area contributed by atoms with Crippen LogP contribution in [0, 0.1) is 0 Å². The number of carbonyl (C=O) groups excluding carboxylic acids is 2. The lowest BCUT2D eigenvalue weighted by Gasteiger charge is -2.18. The van der Waals surface area contributed by atoms with E-state index in [1.165, 1.54) is 6.20 Å². The predicted octanol–water partition coefficient (Wildman–Crippen LogP) is 0.822. The van der Waals surface area contributed by atoms with Gasteiger partial charge >= 0.3 is 0 Å². The minimum Gasteiger partial charge on any atom is -0.492 e. The molecule has 3 rings (SSSR count). The largest absolute Gasteiger partial charge is 0.492 e. The number of hydrogen-bond acceptors (Lipinski definition) is 5. The Hall–Kier alpha value is -2.93. The number of pyridine rings is 1. The first kappa shape index (κ1) is 17.9. The topological polar surface area (TPSA) is 83.6 Å². The molecular formula is C19H22N4O3. The molecule has 2 aromatic rings. The summed E-state index contributed by atoms with van der Waals surface area (Å²) in [6, 6.07) is 11.3. The Labute approximate surface area is 152 Å². The number of amides is 2. The van der Waals surface area contributed by atoms with Crippen molar-refractivity contribution in [3.63, 3.8) is 0 Å². The van der Waals surface area contributed by atoms with Crippen molar-refractivity contribution in [1.82, 2.24) is 20.5 Å². The van der Waals surface area contributed by atoms with Gasteiger partial charge in [-0.3, -0.25) is 19.5 Å². The number of nitrogens with zero attached hydrogens (tertiary/aromatic N) is 2. The maximum Gasteiger partial charge on any atom is 0.252 e. The number of hydrogen-bond donors (Lipinski definition) is 2. The van der Waals surface area contributed by atoms with Crippen molar-refractivity contribution in [1.29, 1.82) is 0 Å². The van der Waals surface area contributed by atoms with Crippen LogP contribution in [0.1, 0.15) is 15.9 Å². The number of aromatic nitrogens is 1. The highest BCUT2D eigenvalue weighted by Crippen LogP contribution is 2.21. The number of para-hydroxylation sites is 1. The third-order valence-electron chi connectivity index (χ3n) is 4.06.